The first kappa shape index (κ1) is 12.9. The Hall–Kier alpha value is -1.14. The van der Waals surface area contributed by atoms with Gasteiger partial charge in [-0.1, -0.05) is 11.8 Å². The van der Waals surface area contributed by atoms with Crippen LogP contribution in [0, 0.1) is 0 Å². The Morgan fingerprint density at radius 2 is 2.32 bits per heavy atom. The van der Waals surface area contributed by atoms with E-state index < -0.39 is 0 Å². The molecule has 1 aliphatic carbocycles. The van der Waals surface area contributed by atoms with Gasteiger partial charge in [0.05, 0.1) is 5.39 Å². The topological polar surface area (TPSA) is 62.8 Å². The second kappa shape index (κ2) is 5.09. The van der Waals surface area contributed by atoms with Gasteiger partial charge in [-0.05, 0) is 31.7 Å². The molecule has 0 aliphatic heterocycles. The van der Waals surface area contributed by atoms with Gasteiger partial charge in [-0.25, -0.2) is 4.98 Å². The third-order valence-electron chi connectivity index (χ3n) is 3.25. The number of fused-ring (bicyclic) bond motifs is 3. The number of thiophene rings is 1. The molecule has 1 aliphatic rings. The zero-order valence-electron chi connectivity index (χ0n) is 10.6. The van der Waals surface area contributed by atoms with Crippen molar-refractivity contribution in [3.63, 3.8) is 0 Å². The van der Waals surface area contributed by atoms with E-state index in [9.17, 15) is 9.59 Å². The number of nitrogens with one attached hydrogen (secondary N) is 1. The monoisotopic (exact) mass is 294 g/mol. The second-order valence-corrected chi connectivity index (χ2v) is 6.88. The van der Waals surface area contributed by atoms with Crippen LogP contribution in [0.3, 0.4) is 0 Å². The van der Waals surface area contributed by atoms with Crippen molar-refractivity contribution in [3.8, 4) is 0 Å². The Bertz CT molecular complexity index is 702. The van der Waals surface area contributed by atoms with Crippen LogP contribution >= 0.6 is 23.1 Å². The normalized spacial score (nSPS) is 13.9. The van der Waals surface area contributed by atoms with E-state index in [4.69, 9.17) is 0 Å². The fourth-order valence-corrected chi connectivity index (χ4v) is 4.57. The predicted molar refractivity (Wildman–Crippen MR) is 78.3 cm³/mol. The maximum atomic E-state index is 12.1. The molecule has 100 valence electrons. The van der Waals surface area contributed by atoms with E-state index in [-0.39, 0.29) is 11.3 Å². The number of thioether (sulfide) groups is 1. The van der Waals surface area contributed by atoms with E-state index in [1.54, 1.807) is 18.3 Å². The molecule has 0 radical (unpaired) electrons. The van der Waals surface area contributed by atoms with Crippen molar-refractivity contribution in [1.29, 1.82) is 0 Å². The number of hydrogen-bond donors (Lipinski definition) is 1. The van der Waals surface area contributed by atoms with Gasteiger partial charge in [0.15, 0.2) is 5.16 Å². The molecule has 2 aromatic rings. The minimum absolute atomic E-state index is 0.0327. The summed E-state index contributed by atoms with van der Waals surface area (Å²) in [6, 6.07) is 0. The van der Waals surface area contributed by atoms with Crippen molar-refractivity contribution < 1.29 is 4.79 Å². The van der Waals surface area contributed by atoms with Gasteiger partial charge in [0.1, 0.15) is 10.6 Å². The molecular weight excluding hydrogens is 280 g/mol. The van der Waals surface area contributed by atoms with Crippen LogP contribution in [-0.2, 0) is 17.6 Å². The van der Waals surface area contributed by atoms with Crippen molar-refractivity contribution in [1.82, 2.24) is 9.97 Å². The van der Waals surface area contributed by atoms with Crippen LogP contribution in [0.15, 0.2) is 9.95 Å². The first-order valence-corrected chi connectivity index (χ1v) is 8.12. The first-order chi connectivity index (χ1) is 9.15. The van der Waals surface area contributed by atoms with Gasteiger partial charge < -0.3 is 4.98 Å². The molecule has 2 heterocycles. The van der Waals surface area contributed by atoms with Gasteiger partial charge in [-0.15, -0.1) is 11.3 Å². The largest absolute Gasteiger partial charge is 0.301 e. The van der Waals surface area contributed by atoms with Gasteiger partial charge in [0.25, 0.3) is 5.56 Å². The number of aromatic amines is 1. The van der Waals surface area contributed by atoms with E-state index >= 15 is 0 Å². The number of carbonyl (C=O) groups is 1. The molecule has 0 aromatic carbocycles. The standard InChI is InChI=1S/C13H14N2O2S2/c1-7(16)5-6-18-13-14-11(17)10-8-3-2-4-9(8)19-12(10)15-13/h2-6H2,1H3,(H,14,15,17). The third-order valence-corrected chi connectivity index (χ3v) is 5.31. The molecule has 1 N–H and O–H groups in total. The summed E-state index contributed by atoms with van der Waals surface area (Å²) in [6.45, 7) is 1.57. The van der Waals surface area contributed by atoms with Crippen LogP contribution in [0.2, 0.25) is 0 Å². The van der Waals surface area contributed by atoms with Crippen LogP contribution in [0.5, 0.6) is 0 Å². The number of ketones is 1. The molecule has 4 nitrogen and oxygen atoms in total. The minimum Gasteiger partial charge on any atom is -0.301 e. The average Bonchev–Trinajstić information content (AvgIpc) is 2.87. The van der Waals surface area contributed by atoms with Crippen LogP contribution in [-0.4, -0.2) is 21.5 Å². The molecule has 0 bridgehead atoms. The van der Waals surface area contributed by atoms with Gasteiger partial charge >= 0.3 is 0 Å². The highest BCUT2D eigenvalue weighted by Crippen LogP contribution is 2.35. The molecule has 19 heavy (non-hydrogen) atoms. The van der Waals surface area contributed by atoms with E-state index in [2.05, 4.69) is 9.97 Å². The van der Waals surface area contributed by atoms with Crippen molar-refractivity contribution in [3.05, 3.63) is 20.8 Å². The van der Waals surface area contributed by atoms with Crippen molar-refractivity contribution in [2.24, 2.45) is 0 Å². The van der Waals surface area contributed by atoms with E-state index in [1.165, 1.54) is 22.2 Å². The SMILES string of the molecule is CC(=O)CCSc1nc2sc3c(c2c(=O)[nH]1)CCC3. The second-order valence-electron chi connectivity index (χ2n) is 4.71. The van der Waals surface area contributed by atoms with Gasteiger partial charge in [0, 0.05) is 17.1 Å². The molecule has 0 saturated heterocycles. The lowest BCUT2D eigenvalue weighted by Gasteiger charge is -2.00. The lowest BCUT2D eigenvalue weighted by Crippen LogP contribution is -2.09. The lowest BCUT2D eigenvalue weighted by molar-refractivity contribution is -0.116. The number of nitrogens with zero attached hydrogens (tertiary/aromatic N) is 1. The summed E-state index contributed by atoms with van der Waals surface area (Å²) in [4.78, 5) is 32.6. The first-order valence-electron chi connectivity index (χ1n) is 6.32. The number of H-pyrrole nitrogens is 1. The summed E-state index contributed by atoms with van der Waals surface area (Å²) in [7, 11) is 0. The Morgan fingerprint density at radius 3 is 3.11 bits per heavy atom. The Kier molecular flexibility index (Phi) is 3.45. The quantitative estimate of drug-likeness (QED) is 0.695. The van der Waals surface area contributed by atoms with Crippen LogP contribution in [0.4, 0.5) is 0 Å². The van der Waals surface area contributed by atoms with E-state index in [0.717, 1.165) is 29.5 Å². The Morgan fingerprint density at radius 1 is 1.47 bits per heavy atom. The number of aromatic nitrogens is 2. The Balaban J connectivity index is 1.92. The summed E-state index contributed by atoms with van der Waals surface area (Å²) >= 11 is 3.08. The zero-order chi connectivity index (χ0) is 13.4. The minimum atomic E-state index is -0.0327. The maximum absolute atomic E-state index is 12.1. The lowest BCUT2D eigenvalue weighted by atomic mass is 10.2. The number of Topliss-reactive ketones (excluding diaryl/α,β-unsaturated/α-hetero) is 1. The maximum Gasteiger partial charge on any atom is 0.260 e. The molecule has 0 saturated carbocycles. The third kappa shape index (κ3) is 2.47. The molecule has 0 amide bonds. The number of carbonyl (C=O) groups excluding carboxylic acids is 1. The average molecular weight is 294 g/mol. The van der Waals surface area contributed by atoms with Gasteiger partial charge in [0.2, 0.25) is 0 Å². The summed E-state index contributed by atoms with van der Waals surface area (Å²) in [5.41, 5.74) is 1.17. The zero-order valence-corrected chi connectivity index (χ0v) is 12.2. The molecule has 6 heteroatoms. The molecular formula is C13H14N2O2S2. The summed E-state index contributed by atoms with van der Waals surface area (Å²) in [5, 5.41) is 1.41. The van der Waals surface area contributed by atoms with E-state index in [0.29, 0.717) is 17.3 Å². The highest BCUT2D eigenvalue weighted by Gasteiger charge is 2.21. The van der Waals surface area contributed by atoms with Gasteiger partial charge in [-0.3, -0.25) is 9.59 Å². The van der Waals surface area contributed by atoms with Crippen LogP contribution in [0.1, 0.15) is 30.2 Å². The fraction of sp³-hybridized carbons (Fsp3) is 0.462. The molecule has 0 atom stereocenters. The molecule has 0 fully saturated rings. The summed E-state index contributed by atoms with van der Waals surface area (Å²) in [6.07, 6.45) is 3.72. The smallest absolute Gasteiger partial charge is 0.260 e. The fourth-order valence-electron chi connectivity index (χ4n) is 2.34. The predicted octanol–water partition coefficient (Wildman–Crippen LogP) is 2.54. The highest BCUT2D eigenvalue weighted by atomic mass is 32.2. The van der Waals surface area contributed by atoms with Crippen LogP contribution in [0.25, 0.3) is 10.2 Å². The number of aryl methyl sites for hydroxylation is 2. The molecule has 0 unspecified atom stereocenters. The summed E-state index contributed by atoms with van der Waals surface area (Å²) < 4.78 is 0. The summed E-state index contributed by atoms with van der Waals surface area (Å²) in [5.74, 6) is 0.820. The molecule has 0 spiro atoms. The van der Waals surface area contributed by atoms with Crippen molar-refractivity contribution in [2.75, 3.05) is 5.75 Å². The highest BCUT2D eigenvalue weighted by molar-refractivity contribution is 7.99. The van der Waals surface area contributed by atoms with Crippen molar-refractivity contribution in [2.45, 2.75) is 37.8 Å². The number of rotatable bonds is 4. The van der Waals surface area contributed by atoms with Gasteiger partial charge in [-0.2, -0.15) is 0 Å². The number of hydrogen-bond acceptors (Lipinski definition) is 5. The van der Waals surface area contributed by atoms with E-state index in [1.807, 2.05) is 0 Å². The van der Waals surface area contributed by atoms with Crippen molar-refractivity contribution >= 4 is 39.1 Å². The molecule has 2 aromatic heterocycles. The van der Waals surface area contributed by atoms with Crippen LogP contribution < -0.4 is 5.56 Å². The molecule has 3 rings (SSSR count). The Labute approximate surface area is 118 Å².